The Morgan fingerprint density at radius 3 is 2.11 bits per heavy atom. The van der Waals surface area contributed by atoms with E-state index in [0.717, 1.165) is 24.3 Å². The summed E-state index contributed by atoms with van der Waals surface area (Å²) in [6.45, 7) is 2.30. The smallest absolute Gasteiger partial charge is 0.335 e. The lowest BCUT2D eigenvalue weighted by atomic mass is 9.78. The van der Waals surface area contributed by atoms with Gasteiger partial charge in [0.05, 0.1) is 5.56 Å². The molecule has 1 fully saturated rings. The van der Waals surface area contributed by atoms with Gasteiger partial charge in [-0.2, -0.15) is 0 Å². The van der Waals surface area contributed by atoms with E-state index >= 15 is 0 Å². The van der Waals surface area contributed by atoms with Crippen LogP contribution in [0.1, 0.15) is 65.0 Å². The number of rotatable bonds is 5. The SMILES string of the molecule is CC1CCC(C(OO)c2ccccc2)CC1.O=Cc1ccc(C(=O)O)cc1. The molecule has 0 amide bonds. The van der Waals surface area contributed by atoms with Crippen LogP contribution in [0.15, 0.2) is 54.6 Å². The highest BCUT2D eigenvalue weighted by Gasteiger charge is 2.28. The van der Waals surface area contributed by atoms with Gasteiger partial charge in [-0.05, 0) is 42.4 Å². The maximum Gasteiger partial charge on any atom is 0.335 e. The van der Waals surface area contributed by atoms with Gasteiger partial charge in [-0.15, -0.1) is 0 Å². The second-order valence-electron chi connectivity index (χ2n) is 7.00. The van der Waals surface area contributed by atoms with Gasteiger partial charge in [0.25, 0.3) is 0 Å². The minimum Gasteiger partial charge on any atom is -0.478 e. The molecule has 0 bridgehead atoms. The largest absolute Gasteiger partial charge is 0.478 e. The molecule has 27 heavy (non-hydrogen) atoms. The molecule has 0 spiro atoms. The Morgan fingerprint density at radius 2 is 1.63 bits per heavy atom. The molecule has 3 rings (SSSR count). The molecule has 1 unspecified atom stereocenters. The molecule has 0 aromatic heterocycles. The zero-order valence-electron chi connectivity index (χ0n) is 15.5. The normalized spacial score (nSPS) is 20.1. The van der Waals surface area contributed by atoms with E-state index in [1.807, 2.05) is 30.3 Å². The minimum absolute atomic E-state index is 0.145. The van der Waals surface area contributed by atoms with Crippen molar-refractivity contribution < 1.29 is 24.8 Å². The Balaban J connectivity index is 0.000000208. The molecule has 1 saturated carbocycles. The lowest BCUT2D eigenvalue weighted by Gasteiger charge is -2.30. The van der Waals surface area contributed by atoms with Gasteiger partial charge in [-0.1, -0.05) is 62.2 Å². The molecule has 2 N–H and O–H groups in total. The third kappa shape index (κ3) is 6.31. The van der Waals surface area contributed by atoms with Crippen LogP contribution in [-0.4, -0.2) is 22.6 Å². The molecule has 5 heteroatoms. The quantitative estimate of drug-likeness (QED) is 0.427. The maximum atomic E-state index is 10.3. The van der Waals surface area contributed by atoms with E-state index in [1.54, 1.807) is 0 Å². The standard InChI is InChI=1S/C14H20O2.C8H6O3/c1-11-7-9-13(10-8-11)14(16-15)12-5-3-2-4-6-12;9-5-6-1-3-7(4-2-6)8(10)11/h2-6,11,13-15H,7-10H2,1H3;1-5H,(H,10,11). The molecule has 0 saturated heterocycles. The minimum atomic E-state index is -0.984. The second kappa shape index (κ2) is 10.6. The first-order valence-corrected chi connectivity index (χ1v) is 9.18. The number of aldehydes is 1. The van der Waals surface area contributed by atoms with Gasteiger partial charge in [0.1, 0.15) is 12.4 Å². The van der Waals surface area contributed by atoms with E-state index in [0.29, 0.717) is 17.8 Å². The molecule has 1 aliphatic carbocycles. The van der Waals surface area contributed by atoms with E-state index < -0.39 is 5.97 Å². The van der Waals surface area contributed by atoms with Crippen molar-refractivity contribution in [2.45, 2.75) is 38.7 Å². The van der Waals surface area contributed by atoms with Crippen LogP contribution >= 0.6 is 0 Å². The van der Waals surface area contributed by atoms with Crippen LogP contribution in [0.4, 0.5) is 0 Å². The monoisotopic (exact) mass is 370 g/mol. The van der Waals surface area contributed by atoms with E-state index in [1.165, 1.54) is 37.1 Å². The summed E-state index contributed by atoms with van der Waals surface area (Å²) < 4.78 is 0. The highest BCUT2D eigenvalue weighted by molar-refractivity contribution is 5.88. The summed E-state index contributed by atoms with van der Waals surface area (Å²) in [4.78, 5) is 25.2. The molecule has 1 atom stereocenters. The highest BCUT2D eigenvalue weighted by atomic mass is 17.1. The van der Waals surface area contributed by atoms with Crippen LogP contribution < -0.4 is 0 Å². The van der Waals surface area contributed by atoms with Gasteiger partial charge in [-0.25, -0.2) is 9.68 Å². The van der Waals surface area contributed by atoms with Gasteiger partial charge in [0.15, 0.2) is 0 Å². The van der Waals surface area contributed by atoms with Crippen molar-refractivity contribution in [3.05, 3.63) is 71.3 Å². The molecule has 0 aliphatic heterocycles. The summed E-state index contributed by atoms with van der Waals surface area (Å²) in [6, 6.07) is 15.8. The van der Waals surface area contributed by atoms with Crippen molar-refractivity contribution >= 4 is 12.3 Å². The van der Waals surface area contributed by atoms with Crippen LogP contribution in [-0.2, 0) is 4.89 Å². The van der Waals surface area contributed by atoms with Gasteiger partial charge >= 0.3 is 5.97 Å². The lowest BCUT2D eigenvalue weighted by molar-refractivity contribution is -0.296. The Labute approximate surface area is 159 Å². The average Bonchev–Trinajstić information content (AvgIpc) is 2.71. The summed E-state index contributed by atoms with van der Waals surface area (Å²) in [6.07, 6.45) is 5.33. The fourth-order valence-electron chi connectivity index (χ4n) is 3.35. The van der Waals surface area contributed by atoms with Crippen LogP contribution in [0.25, 0.3) is 0 Å². The molecular weight excluding hydrogens is 344 g/mol. The average molecular weight is 370 g/mol. The molecule has 0 heterocycles. The summed E-state index contributed by atoms with van der Waals surface area (Å²) in [7, 11) is 0. The zero-order chi connectivity index (χ0) is 19.6. The van der Waals surface area contributed by atoms with Crippen molar-refractivity contribution in [1.29, 1.82) is 0 Å². The molecule has 144 valence electrons. The van der Waals surface area contributed by atoms with Gasteiger partial charge in [0.2, 0.25) is 0 Å². The van der Waals surface area contributed by atoms with Crippen LogP contribution in [0.2, 0.25) is 0 Å². The fraction of sp³-hybridized carbons (Fsp3) is 0.364. The van der Waals surface area contributed by atoms with Crippen molar-refractivity contribution in [2.75, 3.05) is 0 Å². The molecule has 1 aliphatic rings. The third-order valence-electron chi connectivity index (χ3n) is 5.02. The second-order valence-corrected chi connectivity index (χ2v) is 7.00. The van der Waals surface area contributed by atoms with Gasteiger partial charge in [-0.3, -0.25) is 10.1 Å². The van der Waals surface area contributed by atoms with Crippen molar-refractivity contribution in [1.82, 2.24) is 0 Å². The van der Waals surface area contributed by atoms with Crippen molar-refractivity contribution in [2.24, 2.45) is 11.8 Å². The fourth-order valence-corrected chi connectivity index (χ4v) is 3.35. The Kier molecular flexibility index (Phi) is 8.17. The van der Waals surface area contributed by atoms with Gasteiger partial charge in [0, 0.05) is 5.56 Å². The summed E-state index contributed by atoms with van der Waals surface area (Å²) in [5, 5.41) is 17.6. The molecule has 2 aromatic carbocycles. The molecule has 0 radical (unpaired) electrons. The third-order valence-corrected chi connectivity index (χ3v) is 5.02. The molecular formula is C22H26O5. The summed E-state index contributed by atoms with van der Waals surface area (Å²) in [5.41, 5.74) is 1.76. The highest BCUT2D eigenvalue weighted by Crippen LogP contribution is 2.38. The van der Waals surface area contributed by atoms with E-state index in [2.05, 4.69) is 6.92 Å². The summed E-state index contributed by atoms with van der Waals surface area (Å²) >= 11 is 0. The summed E-state index contributed by atoms with van der Waals surface area (Å²) in [5.74, 6) is 0.303. The maximum absolute atomic E-state index is 10.3. The first kappa shape index (κ1) is 20.8. The van der Waals surface area contributed by atoms with E-state index in [-0.39, 0.29) is 11.7 Å². The predicted octanol–water partition coefficient (Wildman–Crippen LogP) is 5.24. The number of hydrogen-bond acceptors (Lipinski definition) is 4. The number of carbonyl (C=O) groups excluding carboxylic acids is 1. The zero-order valence-corrected chi connectivity index (χ0v) is 15.5. The topological polar surface area (TPSA) is 83.8 Å². The molecule has 2 aromatic rings. The number of carboxylic acids is 1. The van der Waals surface area contributed by atoms with Crippen LogP contribution in [0.5, 0.6) is 0 Å². The number of carboxylic acid groups (broad SMARTS) is 1. The Hall–Kier alpha value is -2.50. The number of hydrogen-bond donors (Lipinski definition) is 2. The number of carbonyl (C=O) groups is 2. The van der Waals surface area contributed by atoms with Crippen molar-refractivity contribution in [3.63, 3.8) is 0 Å². The van der Waals surface area contributed by atoms with E-state index in [9.17, 15) is 9.59 Å². The van der Waals surface area contributed by atoms with Crippen LogP contribution in [0, 0.1) is 11.8 Å². The Morgan fingerprint density at radius 1 is 1.04 bits per heavy atom. The lowest BCUT2D eigenvalue weighted by Crippen LogP contribution is -2.20. The number of aromatic carboxylic acids is 1. The Bertz CT molecular complexity index is 703. The first-order chi connectivity index (χ1) is 13.0. The number of benzene rings is 2. The van der Waals surface area contributed by atoms with Crippen LogP contribution in [0.3, 0.4) is 0 Å². The first-order valence-electron chi connectivity index (χ1n) is 9.18. The van der Waals surface area contributed by atoms with Gasteiger partial charge < -0.3 is 5.11 Å². The predicted molar refractivity (Wildman–Crippen MR) is 103 cm³/mol. The van der Waals surface area contributed by atoms with Crippen molar-refractivity contribution in [3.8, 4) is 0 Å². The molecule has 5 nitrogen and oxygen atoms in total. The van der Waals surface area contributed by atoms with E-state index in [4.69, 9.17) is 15.3 Å².